The molecule has 1 heterocycles. The van der Waals surface area contributed by atoms with Crippen LogP contribution >= 0.6 is 0 Å². The maximum atomic E-state index is 9.74. The Morgan fingerprint density at radius 2 is 1.95 bits per heavy atom. The number of benzene rings is 1. The highest BCUT2D eigenvalue weighted by Crippen LogP contribution is 2.23. The van der Waals surface area contributed by atoms with Crippen LogP contribution in [-0.4, -0.2) is 35.8 Å². The zero-order valence-electron chi connectivity index (χ0n) is 12.8. The summed E-state index contributed by atoms with van der Waals surface area (Å²) in [6.07, 6.45) is 1.80. The number of ether oxygens (including phenoxy) is 1. The first-order chi connectivity index (χ1) is 10.2. The van der Waals surface area contributed by atoms with Crippen molar-refractivity contribution in [3.05, 3.63) is 59.4 Å². The number of likely N-dealkylation sites (N-methyl/N-ethyl adjacent to an activating group) is 1. The molecule has 0 bridgehead atoms. The van der Waals surface area contributed by atoms with Gasteiger partial charge in [-0.1, -0.05) is 18.2 Å². The molecule has 2 rings (SSSR count). The number of methoxy groups -OCH3 is 1. The van der Waals surface area contributed by atoms with E-state index in [1.807, 2.05) is 44.3 Å². The molecule has 21 heavy (non-hydrogen) atoms. The summed E-state index contributed by atoms with van der Waals surface area (Å²) in [5.41, 5.74) is 3.27. The molecular weight excluding hydrogens is 264 g/mol. The second-order valence-electron chi connectivity index (χ2n) is 5.13. The topological polar surface area (TPSA) is 45.6 Å². The van der Waals surface area contributed by atoms with Crippen molar-refractivity contribution in [2.75, 3.05) is 20.8 Å². The van der Waals surface area contributed by atoms with Crippen LogP contribution in [0.4, 0.5) is 0 Å². The van der Waals surface area contributed by atoms with Gasteiger partial charge in [0.1, 0.15) is 5.75 Å². The SMILES string of the molecule is COc1ccc(C(CO)N(C)Cc2cccnc2C)cc1. The summed E-state index contributed by atoms with van der Waals surface area (Å²) in [4.78, 5) is 6.44. The lowest BCUT2D eigenvalue weighted by Crippen LogP contribution is -2.27. The van der Waals surface area contributed by atoms with Gasteiger partial charge >= 0.3 is 0 Å². The van der Waals surface area contributed by atoms with Crippen molar-refractivity contribution in [2.24, 2.45) is 0 Å². The highest BCUT2D eigenvalue weighted by molar-refractivity contribution is 5.29. The second-order valence-corrected chi connectivity index (χ2v) is 5.13. The van der Waals surface area contributed by atoms with E-state index >= 15 is 0 Å². The molecule has 0 saturated carbocycles. The summed E-state index contributed by atoms with van der Waals surface area (Å²) in [5.74, 6) is 0.821. The van der Waals surface area contributed by atoms with Gasteiger partial charge in [0, 0.05) is 18.4 Å². The van der Waals surface area contributed by atoms with Gasteiger partial charge in [0.2, 0.25) is 0 Å². The average molecular weight is 286 g/mol. The lowest BCUT2D eigenvalue weighted by molar-refractivity contribution is 0.142. The van der Waals surface area contributed by atoms with Gasteiger partial charge in [0.15, 0.2) is 0 Å². The van der Waals surface area contributed by atoms with Crippen LogP contribution in [0.1, 0.15) is 22.9 Å². The summed E-state index contributed by atoms with van der Waals surface area (Å²) in [6.45, 7) is 2.82. The Hall–Kier alpha value is -1.91. The van der Waals surface area contributed by atoms with Crippen LogP contribution in [0.15, 0.2) is 42.6 Å². The Bertz CT molecular complexity index is 569. The molecule has 0 radical (unpaired) electrons. The van der Waals surface area contributed by atoms with E-state index in [2.05, 4.69) is 16.0 Å². The zero-order chi connectivity index (χ0) is 15.2. The summed E-state index contributed by atoms with van der Waals surface area (Å²) >= 11 is 0. The first-order valence-corrected chi connectivity index (χ1v) is 7.01. The van der Waals surface area contributed by atoms with Crippen molar-refractivity contribution < 1.29 is 9.84 Å². The number of hydrogen-bond donors (Lipinski definition) is 1. The fourth-order valence-corrected chi connectivity index (χ4v) is 2.39. The minimum Gasteiger partial charge on any atom is -0.497 e. The van der Waals surface area contributed by atoms with Crippen molar-refractivity contribution >= 4 is 0 Å². The van der Waals surface area contributed by atoms with Crippen molar-refractivity contribution in [1.29, 1.82) is 0 Å². The number of rotatable bonds is 6. The van der Waals surface area contributed by atoms with Crippen LogP contribution in [0.2, 0.25) is 0 Å². The highest BCUT2D eigenvalue weighted by atomic mass is 16.5. The number of aliphatic hydroxyl groups excluding tert-OH is 1. The van der Waals surface area contributed by atoms with Gasteiger partial charge < -0.3 is 9.84 Å². The molecule has 0 saturated heterocycles. The predicted molar refractivity (Wildman–Crippen MR) is 83.3 cm³/mol. The summed E-state index contributed by atoms with van der Waals surface area (Å²) in [6, 6.07) is 11.8. The van der Waals surface area contributed by atoms with Crippen LogP contribution < -0.4 is 4.74 Å². The lowest BCUT2D eigenvalue weighted by Gasteiger charge is -2.27. The van der Waals surface area contributed by atoms with Crippen molar-refractivity contribution in [1.82, 2.24) is 9.88 Å². The van der Waals surface area contributed by atoms with Crippen molar-refractivity contribution in [3.63, 3.8) is 0 Å². The van der Waals surface area contributed by atoms with Crippen LogP contribution in [0.3, 0.4) is 0 Å². The molecule has 0 fully saturated rings. The van der Waals surface area contributed by atoms with E-state index in [1.165, 1.54) is 5.56 Å². The average Bonchev–Trinajstić information content (AvgIpc) is 2.51. The number of aromatic nitrogens is 1. The van der Waals surface area contributed by atoms with E-state index < -0.39 is 0 Å². The van der Waals surface area contributed by atoms with E-state index in [9.17, 15) is 5.11 Å². The van der Waals surface area contributed by atoms with Gasteiger partial charge in [-0.05, 0) is 43.3 Å². The molecule has 4 nitrogen and oxygen atoms in total. The Balaban J connectivity index is 2.14. The molecule has 0 spiro atoms. The third-order valence-electron chi connectivity index (χ3n) is 3.74. The van der Waals surface area contributed by atoms with Gasteiger partial charge in [-0.25, -0.2) is 0 Å². The predicted octanol–water partition coefficient (Wildman–Crippen LogP) is 2.56. The number of aryl methyl sites for hydroxylation is 1. The standard InChI is InChI=1S/C17H22N2O2/c1-13-15(5-4-10-18-13)11-19(2)17(12-20)14-6-8-16(21-3)9-7-14/h4-10,17,20H,11-12H2,1-3H3. The van der Waals surface area contributed by atoms with E-state index in [0.29, 0.717) is 0 Å². The molecule has 4 heteroatoms. The molecule has 0 amide bonds. The minimum atomic E-state index is -0.0458. The van der Waals surface area contributed by atoms with Crippen LogP contribution in [-0.2, 0) is 6.54 Å². The molecule has 1 aromatic carbocycles. The van der Waals surface area contributed by atoms with E-state index in [4.69, 9.17) is 4.74 Å². The Morgan fingerprint density at radius 3 is 2.52 bits per heavy atom. The maximum Gasteiger partial charge on any atom is 0.118 e. The quantitative estimate of drug-likeness (QED) is 0.886. The van der Waals surface area contributed by atoms with Crippen LogP contribution in [0.5, 0.6) is 5.75 Å². The van der Waals surface area contributed by atoms with Gasteiger partial charge in [-0.2, -0.15) is 0 Å². The second kappa shape index (κ2) is 7.20. The van der Waals surface area contributed by atoms with Gasteiger partial charge in [0.25, 0.3) is 0 Å². The van der Waals surface area contributed by atoms with Gasteiger partial charge in [-0.3, -0.25) is 9.88 Å². The Labute approximate surface area is 126 Å². The smallest absolute Gasteiger partial charge is 0.118 e. The minimum absolute atomic E-state index is 0.0458. The number of pyridine rings is 1. The lowest BCUT2D eigenvalue weighted by atomic mass is 10.1. The molecule has 1 N–H and O–H groups in total. The van der Waals surface area contributed by atoms with Gasteiger partial charge in [0.05, 0.1) is 19.8 Å². The van der Waals surface area contributed by atoms with Crippen LogP contribution in [0.25, 0.3) is 0 Å². The molecule has 2 aromatic rings. The fourth-order valence-electron chi connectivity index (χ4n) is 2.39. The number of aliphatic hydroxyl groups is 1. The molecular formula is C17H22N2O2. The molecule has 0 aliphatic heterocycles. The summed E-state index contributed by atoms with van der Waals surface area (Å²) in [7, 11) is 3.66. The number of nitrogens with zero attached hydrogens (tertiary/aromatic N) is 2. The highest BCUT2D eigenvalue weighted by Gasteiger charge is 2.17. The third kappa shape index (κ3) is 3.80. The molecule has 1 aromatic heterocycles. The normalized spacial score (nSPS) is 12.4. The number of hydrogen-bond acceptors (Lipinski definition) is 4. The molecule has 112 valence electrons. The zero-order valence-corrected chi connectivity index (χ0v) is 12.8. The van der Waals surface area contributed by atoms with E-state index in [0.717, 1.165) is 23.6 Å². The maximum absolute atomic E-state index is 9.74. The van der Waals surface area contributed by atoms with E-state index in [-0.39, 0.29) is 12.6 Å². The largest absolute Gasteiger partial charge is 0.497 e. The fraction of sp³-hybridized carbons (Fsp3) is 0.353. The van der Waals surface area contributed by atoms with E-state index in [1.54, 1.807) is 13.3 Å². The first-order valence-electron chi connectivity index (χ1n) is 7.01. The monoisotopic (exact) mass is 286 g/mol. The van der Waals surface area contributed by atoms with Gasteiger partial charge in [-0.15, -0.1) is 0 Å². The summed E-state index contributed by atoms with van der Waals surface area (Å²) < 4.78 is 5.17. The summed E-state index contributed by atoms with van der Waals surface area (Å²) in [5, 5.41) is 9.74. The molecule has 0 aliphatic carbocycles. The van der Waals surface area contributed by atoms with Crippen molar-refractivity contribution in [3.8, 4) is 5.75 Å². The molecule has 0 aliphatic rings. The van der Waals surface area contributed by atoms with Crippen LogP contribution in [0, 0.1) is 6.92 Å². The molecule has 1 atom stereocenters. The Kier molecular flexibility index (Phi) is 5.31. The first kappa shape index (κ1) is 15.5. The molecule has 1 unspecified atom stereocenters. The Morgan fingerprint density at radius 1 is 1.24 bits per heavy atom. The van der Waals surface area contributed by atoms with Crippen molar-refractivity contribution in [2.45, 2.75) is 19.5 Å². The third-order valence-corrected chi connectivity index (χ3v) is 3.74.